The Morgan fingerprint density at radius 2 is 1.78 bits per heavy atom. The highest BCUT2D eigenvalue weighted by atomic mass is 16.6. The Morgan fingerprint density at radius 3 is 2.44 bits per heavy atom. The number of ether oxygens (including phenoxy) is 2. The summed E-state index contributed by atoms with van der Waals surface area (Å²) in [5.74, 6) is -0.529. The number of hydrogen-bond donors (Lipinski definition) is 2. The van der Waals surface area contributed by atoms with Crippen molar-refractivity contribution in [2.45, 2.75) is 25.7 Å². The lowest BCUT2D eigenvalue weighted by Gasteiger charge is -2.06. The van der Waals surface area contributed by atoms with Crippen molar-refractivity contribution >= 4 is 12.1 Å². The lowest BCUT2D eigenvalue weighted by atomic mass is 10.2. The largest absolute Gasteiger partial charge is 0.459 e. The molecule has 18 heavy (non-hydrogen) atoms. The molecule has 6 heteroatoms. The normalized spacial score (nSPS) is 9.61. The van der Waals surface area contributed by atoms with Gasteiger partial charge in [-0.15, -0.1) is 0 Å². The number of nitrogens with one attached hydrogen (secondary N) is 1. The van der Waals surface area contributed by atoms with Gasteiger partial charge in [0.25, 0.3) is 0 Å². The molecule has 0 rings (SSSR count). The highest BCUT2D eigenvalue weighted by molar-refractivity contribution is 5.81. The van der Waals surface area contributed by atoms with Gasteiger partial charge in [0.1, 0.15) is 13.2 Å². The summed E-state index contributed by atoms with van der Waals surface area (Å²) >= 11 is 0. The average Bonchev–Trinajstić information content (AvgIpc) is 2.38. The molecule has 0 atom stereocenters. The lowest BCUT2D eigenvalue weighted by Crippen LogP contribution is -2.26. The van der Waals surface area contributed by atoms with Gasteiger partial charge in [-0.1, -0.05) is 19.4 Å². The molecule has 0 spiro atoms. The number of alkyl carbamates (subject to hydrolysis) is 1. The molecule has 0 aromatic heterocycles. The number of amides is 1. The van der Waals surface area contributed by atoms with Crippen molar-refractivity contribution in [3.05, 3.63) is 12.7 Å². The number of hydrogen-bond acceptors (Lipinski definition) is 5. The first-order chi connectivity index (χ1) is 8.70. The number of unbranched alkanes of at least 4 members (excludes halogenated alkanes) is 3. The summed E-state index contributed by atoms with van der Waals surface area (Å²) in [5.41, 5.74) is 5.36. The monoisotopic (exact) mass is 258 g/mol. The summed E-state index contributed by atoms with van der Waals surface area (Å²) in [5, 5.41) is 2.61. The van der Waals surface area contributed by atoms with Crippen LogP contribution in [0.4, 0.5) is 4.79 Å². The summed E-state index contributed by atoms with van der Waals surface area (Å²) in [4.78, 5) is 21.8. The van der Waals surface area contributed by atoms with Crippen molar-refractivity contribution in [3.63, 3.8) is 0 Å². The van der Waals surface area contributed by atoms with Gasteiger partial charge < -0.3 is 20.5 Å². The van der Waals surface area contributed by atoms with Crippen LogP contribution in [0.15, 0.2) is 12.7 Å². The standard InChI is InChI=1S/C12H22N2O4/c1-2-11(15)17-9-10-18-12(16)14-8-6-4-3-5-7-13/h2H,1,3-10,13H2,(H,14,16). The fourth-order valence-corrected chi connectivity index (χ4v) is 1.20. The molecule has 6 nitrogen and oxygen atoms in total. The third-order valence-corrected chi connectivity index (χ3v) is 2.13. The number of carbonyl (C=O) groups is 2. The number of nitrogens with two attached hydrogens (primary N) is 1. The first-order valence-corrected chi connectivity index (χ1v) is 6.10. The van der Waals surface area contributed by atoms with Crippen LogP contribution >= 0.6 is 0 Å². The molecule has 0 saturated heterocycles. The average molecular weight is 258 g/mol. The van der Waals surface area contributed by atoms with E-state index in [4.69, 9.17) is 10.5 Å². The van der Waals surface area contributed by atoms with E-state index >= 15 is 0 Å². The maximum atomic E-state index is 11.1. The predicted molar refractivity (Wildman–Crippen MR) is 68.0 cm³/mol. The van der Waals surface area contributed by atoms with Crippen LogP contribution in [0.1, 0.15) is 25.7 Å². The van der Waals surface area contributed by atoms with Crippen molar-refractivity contribution in [1.82, 2.24) is 5.32 Å². The Balaban J connectivity index is 3.27. The minimum Gasteiger partial charge on any atom is -0.459 e. The van der Waals surface area contributed by atoms with Crippen molar-refractivity contribution in [3.8, 4) is 0 Å². The Bertz CT molecular complexity index is 256. The van der Waals surface area contributed by atoms with E-state index < -0.39 is 12.1 Å². The summed E-state index contributed by atoms with van der Waals surface area (Å²) in [6.45, 7) is 4.61. The zero-order valence-corrected chi connectivity index (χ0v) is 10.7. The van der Waals surface area contributed by atoms with E-state index in [0.29, 0.717) is 13.1 Å². The minimum absolute atomic E-state index is 0.0365. The molecular formula is C12H22N2O4. The molecule has 0 aliphatic heterocycles. The van der Waals surface area contributed by atoms with Crippen molar-refractivity contribution in [1.29, 1.82) is 0 Å². The molecule has 104 valence electrons. The fourth-order valence-electron chi connectivity index (χ4n) is 1.20. The smallest absolute Gasteiger partial charge is 0.407 e. The van der Waals surface area contributed by atoms with E-state index in [9.17, 15) is 9.59 Å². The van der Waals surface area contributed by atoms with Gasteiger partial charge in [0.15, 0.2) is 0 Å². The molecule has 0 radical (unpaired) electrons. The zero-order chi connectivity index (χ0) is 13.6. The van der Waals surface area contributed by atoms with Gasteiger partial charge in [-0.3, -0.25) is 0 Å². The van der Waals surface area contributed by atoms with E-state index in [0.717, 1.165) is 31.8 Å². The van der Waals surface area contributed by atoms with Crippen LogP contribution in [-0.2, 0) is 14.3 Å². The van der Waals surface area contributed by atoms with Crippen molar-refractivity contribution < 1.29 is 19.1 Å². The van der Waals surface area contributed by atoms with Gasteiger partial charge in [-0.2, -0.15) is 0 Å². The number of esters is 1. The molecule has 3 N–H and O–H groups in total. The zero-order valence-electron chi connectivity index (χ0n) is 10.7. The molecule has 0 aliphatic carbocycles. The molecule has 0 aliphatic rings. The summed E-state index contributed by atoms with van der Waals surface area (Å²) in [7, 11) is 0. The quantitative estimate of drug-likeness (QED) is 0.346. The molecule has 0 saturated carbocycles. The van der Waals surface area contributed by atoms with E-state index in [1.54, 1.807) is 0 Å². The molecule has 0 heterocycles. The Kier molecular flexibility index (Phi) is 10.9. The molecule has 0 aromatic carbocycles. The topological polar surface area (TPSA) is 90.6 Å². The maximum Gasteiger partial charge on any atom is 0.407 e. The second-order valence-electron chi connectivity index (χ2n) is 3.64. The first kappa shape index (κ1) is 16.4. The summed E-state index contributed by atoms with van der Waals surface area (Å²) in [6.07, 6.45) is 4.59. The van der Waals surface area contributed by atoms with Gasteiger partial charge in [-0.05, 0) is 19.4 Å². The Morgan fingerprint density at radius 1 is 1.11 bits per heavy atom. The fraction of sp³-hybridized carbons (Fsp3) is 0.667. The van der Waals surface area contributed by atoms with Crippen LogP contribution in [0.5, 0.6) is 0 Å². The van der Waals surface area contributed by atoms with Gasteiger partial charge in [0.2, 0.25) is 0 Å². The van der Waals surface area contributed by atoms with Gasteiger partial charge in [0.05, 0.1) is 0 Å². The molecular weight excluding hydrogens is 236 g/mol. The third kappa shape index (κ3) is 10.9. The van der Waals surface area contributed by atoms with Crippen molar-refractivity contribution in [2.24, 2.45) is 5.73 Å². The molecule has 0 unspecified atom stereocenters. The minimum atomic E-state index is -0.529. The third-order valence-electron chi connectivity index (χ3n) is 2.13. The van der Waals surface area contributed by atoms with Gasteiger partial charge in [-0.25, -0.2) is 9.59 Å². The van der Waals surface area contributed by atoms with Crippen LogP contribution in [0.2, 0.25) is 0 Å². The van der Waals surface area contributed by atoms with Crippen LogP contribution < -0.4 is 11.1 Å². The summed E-state index contributed by atoms with van der Waals surface area (Å²) < 4.78 is 9.42. The summed E-state index contributed by atoms with van der Waals surface area (Å²) in [6, 6.07) is 0. The second kappa shape index (κ2) is 11.9. The van der Waals surface area contributed by atoms with Crippen molar-refractivity contribution in [2.75, 3.05) is 26.3 Å². The maximum absolute atomic E-state index is 11.1. The molecule has 0 bridgehead atoms. The van der Waals surface area contributed by atoms with Crippen LogP contribution in [0.3, 0.4) is 0 Å². The lowest BCUT2D eigenvalue weighted by molar-refractivity contribution is -0.138. The number of carbonyl (C=O) groups excluding carboxylic acids is 2. The van der Waals surface area contributed by atoms with E-state index in [-0.39, 0.29) is 13.2 Å². The highest BCUT2D eigenvalue weighted by Gasteiger charge is 2.01. The van der Waals surface area contributed by atoms with Gasteiger partial charge in [0, 0.05) is 12.6 Å². The number of rotatable bonds is 10. The highest BCUT2D eigenvalue weighted by Crippen LogP contribution is 1.97. The second-order valence-corrected chi connectivity index (χ2v) is 3.64. The van der Waals surface area contributed by atoms with E-state index in [2.05, 4.69) is 16.6 Å². The van der Waals surface area contributed by atoms with Crippen LogP contribution in [0, 0.1) is 0 Å². The predicted octanol–water partition coefficient (Wildman–Crippen LogP) is 0.961. The molecule has 1 amide bonds. The first-order valence-electron chi connectivity index (χ1n) is 6.10. The Hall–Kier alpha value is -1.56. The molecule has 0 aromatic rings. The van der Waals surface area contributed by atoms with Crippen LogP contribution in [-0.4, -0.2) is 38.4 Å². The molecule has 0 fully saturated rings. The van der Waals surface area contributed by atoms with Gasteiger partial charge >= 0.3 is 12.1 Å². The van der Waals surface area contributed by atoms with E-state index in [1.165, 1.54) is 0 Å². The van der Waals surface area contributed by atoms with E-state index in [1.807, 2.05) is 0 Å². The Labute approximate surface area is 108 Å². The van der Waals surface area contributed by atoms with Crippen LogP contribution in [0.25, 0.3) is 0 Å². The SMILES string of the molecule is C=CC(=O)OCCOC(=O)NCCCCCCN.